The number of rotatable bonds is 7. The van der Waals surface area contributed by atoms with Gasteiger partial charge in [-0.25, -0.2) is 0 Å². The molecule has 1 amide bonds. The van der Waals surface area contributed by atoms with Crippen molar-refractivity contribution in [3.8, 4) is 5.75 Å². The highest BCUT2D eigenvalue weighted by Crippen LogP contribution is 2.55. The lowest BCUT2D eigenvalue weighted by Crippen LogP contribution is -2.59. The third-order valence-electron chi connectivity index (χ3n) is 6.55. The van der Waals surface area contributed by atoms with Crippen LogP contribution < -0.4 is 10.1 Å². The van der Waals surface area contributed by atoms with Crippen LogP contribution in [0.4, 0.5) is 0 Å². The smallest absolute Gasteiger partial charge is 0.255 e. The lowest BCUT2D eigenvalue weighted by molar-refractivity contribution is -0.0167. The van der Waals surface area contributed by atoms with Crippen molar-refractivity contribution in [2.75, 3.05) is 6.61 Å². The maximum Gasteiger partial charge on any atom is 0.255 e. The van der Waals surface area contributed by atoms with E-state index in [1.54, 1.807) is 0 Å². The first kappa shape index (κ1) is 16.9. The SMILES string of the molecule is CCCCCOc1ccccc1C(=O)NC12CC3CC(CC(C3)C1)C2. The van der Waals surface area contributed by atoms with Crippen molar-refractivity contribution in [3.05, 3.63) is 29.8 Å². The van der Waals surface area contributed by atoms with E-state index in [4.69, 9.17) is 4.74 Å². The lowest BCUT2D eigenvalue weighted by atomic mass is 9.53. The monoisotopic (exact) mass is 341 g/mol. The van der Waals surface area contributed by atoms with Gasteiger partial charge < -0.3 is 10.1 Å². The molecule has 0 saturated heterocycles. The van der Waals surface area contributed by atoms with Gasteiger partial charge in [0.05, 0.1) is 12.2 Å². The number of carbonyl (C=O) groups excluding carboxylic acids is 1. The molecule has 0 atom stereocenters. The van der Waals surface area contributed by atoms with E-state index in [-0.39, 0.29) is 11.4 Å². The number of ether oxygens (including phenoxy) is 1. The second-order valence-corrected chi connectivity index (χ2v) is 8.70. The Morgan fingerprint density at radius 2 is 1.72 bits per heavy atom. The van der Waals surface area contributed by atoms with Gasteiger partial charge in [-0.1, -0.05) is 31.9 Å². The van der Waals surface area contributed by atoms with Crippen LogP contribution >= 0.6 is 0 Å². The minimum Gasteiger partial charge on any atom is -0.493 e. The number of hydrogen-bond donors (Lipinski definition) is 1. The van der Waals surface area contributed by atoms with E-state index in [2.05, 4.69) is 12.2 Å². The molecule has 3 heteroatoms. The van der Waals surface area contributed by atoms with E-state index in [9.17, 15) is 4.79 Å². The van der Waals surface area contributed by atoms with E-state index in [1.807, 2.05) is 24.3 Å². The van der Waals surface area contributed by atoms with Crippen LogP contribution in [0.15, 0.2) is 24.3 Å². The summed E-state index contributed by atoms with van der Waals surface area (Å²) in [6.45, 7) is 2.88. The predicted octanol–water partition coefficient (Wildman–Crippen LogP) is 4.95. The van der Waals surface area contributed by atoms with Gasteiger partial charge in [0.2, 0.25) is 0 Å². The first-order valence-corrected chi connectivity index (χ1v) is 10.2. The number of amides is 1. The molecule has 1 N–H and O–H groups in total. The molecular weight excluding hydrogens is 310 g/mol. The molecule has 0 aromatic heterocycles. The Kier molecular flexibility index (Phi) is 4.75. The van der Waals surface area contributed by atoms with Crippen LogP contribution in [0.3, 0.4) is 0 Å². The summed E-state index contributed by atoms with van der Waals surface area (Å²) in [4.78, 5) is 13.0. The van der Waals surface area contributed by atoms with E-state index in [1.165, 1.54) is 51.4 Å². The van der Waals surface area contributed by atoms with Gasteiger partial charge in [0.1, 0.15) is 5.75 Å². The topological polar surface area (TPSA) is 38.3 Å². The van der Waals surface area contributed by atoms with Gasteiger partial charge in [0.25, 0.3) is 5.91 Å². The molecule has 4 bridgehead atoms. The van der Waals surface area contributed by atoms with Crippen LogP contribution in [0.2, 0.25) is 0 Å². The molecule has 1 aromatic carbocycles. The van der Waals surface area contributed by atoms with Crippen molar-refractivity contribution in [2.45, 2.75) is 70.3 Å². The average Bonchev–Trinajstić information content (AvgIpc) is 2.57. The molecular formula is C22H31NO2. The summed E-state index contributed by atoms with van der Waals surface area (Å²) in [6.07, 6.45) is 11.1. The van der Waals surface area contributed by atoms with Crippen LogP contribution in [0, 0.1) is 17.8 Å². The Labute approximate surface area is 151 Å². The fourth-order valence-electron chi connectivity index (χ4n) is 5.89. The fraction of sp³-hybridized carbons (Fsp3) is 0.682. The van der Waals surface area contributed by atoms with Crippen LogP contribution in [0.25, 0.3) is 0 Å². The van der Waals surface area contributed by atoms with Crippen LogP contribution in [-0.2, 0) is 0 Å². The van der Waals surface area contributed by atoms with E-state index in [0.29, 0.717) is 12.2 Å². The van der Waals surface area contributed by atoms with Gasteiger partial charge >= 0.3 is 0 Å². The molecule has 4 saturated carbocycles. The Hall–Kier alpha value is -1.51. The standard InChI is InChI=1S/C22H31NO2/c1-2-3-6-9-25-20-8-5-4-7-19(20)21(24)23-22-13-16-10-17(14-22)12-18(11-16)15-22/h4-5,7-8,16-18H,2-3,6,9-15H2,1H3,(H,23,24). The molecule has 4 fully saturated rings. The highest BCUT2D eigenvalue weighted by atomic mass is 16.5. The second kappa shape index (κ2) is 7.01. The van der Waals surface area contributed by atoms with Gasteiger partial charge in [-0.3, -0.25) is 4.79 Å². The van der Waals surface area contributed by atoms with Crippen molar-refractivity contribution in [1.29, 1.82) is 0 Å². The van der Waals surface area contributed by atoms with E-state index < -0.39 is 0 Å². The third kappa shape index (κ3) is 3.56. The molecule has 25 heavy (non-hydrogen) atoms. The zero-order valence-electron chi connectivity index (χ0n) is 15.4. The maximum absolute atomic E-state index is 13.0. The summed E-state index contributed by atoms with van der Waals surface area (Å²) in [5, 5.41) is 3.46. The highest BCUT2D eigenvalue weighted by molar-refractivity contribution is 5.97. The summed E-state index contributed by atoms with van der Waals surface area (Å²) >= 11 is 0. The Morgan fingerprint density at radius 3 is 2.36 bits per heavy atom. The normalized spacial score (nSPS) is 32.6. The summed E-state index contributed by atoms with van der Waals surface area (Å²) in [5.41, 5.74) is 0.760. The molecule has 4 aliphatic rings. The maximum atomic E-state index is 13.0. The van der Waals surface area contributed by atoms with Crippen molar-refractivity contribution in [3.63, 3.8) is 0 Å². The van der Waals surface area contributed by atoms with Gasteiger partial charge in [0, 0.05) is 5.54 Å². The molecule has 4 aliphatic carbocycles. The third-order valence-corrected chi connectivity index (χ3v) is 6.55. The summed E-state index contributed by atoms with van der Waals surface area (Å²) < 4.78 is 5.92. The minimum absolute atomic E-state index is 0.0567. The molecule has 0 spiro atoms. The van der Waals surface area contributed by atoms with Crippen molar-refractivity contribution in [1.82, 2.24) is 5.32 Å². The van der Waals surface area contributed by atoms with E-state index >= 15 is 0 Å². The molecule has 136 valence electrons. The van der Waals surface area contributed by atoms with Crippen LogP contribution in [0.1, 0.15) is 75.1 Å². The molecule has 0 aliphatic heterocycles. The van der Waals surface area contributed by atoms with Crippen LogP contribution in [-0.4, -0.2) is 18.1 Å². The number of hydrogen-bond acceptors (Lipinski definition) is 2. The fourth-order valence-corrected chi connectivity index (χ4v) is 5.89. The Morgan fingerprint density at radius 1 is 1.08 bits per heavy atom. The van der Waals surface area contributed by atoms with Gasteiger partial charge in [0.15, 0.2) is 0 Å². The largest absolute Gasteiger partial charge is 0.493 e. The molecule has 3 nitrogen and oxygen atoms in total. The number of carbonyl (C=O) groups is 1. The number of unbranched alkanes of at least 4 members (excludes halogenated alkanes) is 2. The Balaban J connectivity index is 1.45. The number of benzene rings is 1. The quantitative estimate of drug-likeness (QED) is 0.712. The summed E-state index contributed by atoms with van der Waals surface area (Å²) in [5.74, 6) is 3.32. The van der Waals surface area contributed by atoms with Crippen molar-refractivity contribution in [2.24, 2.45) is 17.8 Å². The Bertz CT molecular complexity index is 589. The highest BCUT2D eigenvalue weighted by Gasteiger charge is 2.51. The van der Waals surface area contributed by atoms with Gasteiger partial charge in [-0.15, -0.1) is 0 Å². The molecule has 0 radical (unpaired) electrons. The molecule has 1 aromatic rings. The average molecular weight is 341 g/mol. The zero-order chi connectivity index (χ0) is 17.3. The van der Waals surface area contributed by atoms with Gasteiger partial charge in [-0.2, -0.15) is 0 Å². The summed E-state index contributed by atoms with van der Waals surface area (Å²) in [7, 11) is 0. The van der Waals surface area contributed by atoms with Crippen LogP contribution in [0.5, 0.6) is 5.75 Å². The zero-order valence-corrected chi connectivity index (χ0v) is 15.4. The summed E-state index contributed by atoms with van der Waals surface area (Å²) in [6, 6.07) is 7.73. The lowest BCUT2D eigenvalue weighted by Gasteiger charge is -2.56. The van der Waals surface area contributed by atoms with Crippen molar-refractivity contribution >= 4 is 5.91 Å². The molecule has 0 unspecified atom stereocenters. The predicted molar refractivity (Wildman–Crippen MR) is 99.8 cm³/mol. The van der Waals surface area contributed by atoms with Gasteiger partial charge in [-0.05, 0) is 74.8 Å². The number of nitrogens with one attached hydrogen (secondary N) is 1. The molecule has 0 heterocycles. The van der Waals surface area contributed by atoms with E-state index in [0.717, 1.165) is 29.9 Å². The molecule has 5 rings (SSSR count). The van der Waals surface area contributed by atoms with Crippen molar-refractivity contribution < 1.29 is 9.53 Å². The number of para-hydroxylation sites is 1. The first-order chi connectivity index (χ1) is 12.2. The minimum atomic E-state index is 0.0567. The second-order valence-electron chi connectivity index (χ2n) is 8.70. The first-order valence-electron chi connectivity index (χ1n) is 10.2.